The Hall–Kier alpha value is -1.48. The molecule has 3 heterocycles. The van der Waals surface area contributed by atoms with Crippen LogP contribution in [-0.2, 0) is 14.3 Å². The number of carboxylic acid groups (broad SMARTS) is 1. The third-order valence-electron chi connectivity index (χ3n) is 6.29. The van der Waals surface area contributed by atoms with E-state index in [4.69, 9.17) is 19.4 Å². The van der Waals surface area contributed by atoms with Crippen LogP contribution in [0.2, 0.25) is 0 Å². The third-order valence-corrected chi connectivity index (χ3v) is 6.29. The lowest BCUT2D eigenvalue weighted by molar-refractivity contribution is -0.122. The maximum atomic E-state index is 12.4. The van der Waals surface area contributed by atoms with E-state index in [2.05, 4.69) is 0 Å². The number of amides is 1. The van der Waals surface area contributed by atoms with Crippen molar-refractivity contribution in [3.8, 4) is 0 Å². The molecule has 0 aromatic rings. The van der Waals surface area contributed by atoms with E-state index in [1.54, 1.807) is 4.90 Å². The van der Waals surface area contributed by atoms with Crippen LogP contribution in [0.4, 0.5) is 13.6 Å². The summed E-state index contributed by atoms with van der Waals surface area (Å²) < 4.78 is 36.0. The first-order valence-corrected chi connectivity index (χ1v) is 9.57. The number of nitrogens with zero attached hydrogens (tertiary/aromatic N) is 2. The molecule has 0 radical (unpaired) electrons. The van der Waals surface area contributed by atoms with E-state index in [0.717, 1.165) is 45.1 Å². The molecule has 2 spiro atoms. The van der Waals surface area contributed by atoms with Gasteiger partial charge in [-0.15, -0.1) is 0 Å². The normalized spacial score (nSPS) is 31.8. The molecule has 4 rings (SSSR count). The first kappa shape index (κ1) is 20.3. The van der Waals surface area contributed by atoms with Gasteiger partial charge >= 0.3 is 6.09 Å². The van der Waals surface area contributed by atoms with Crippen LogP contribution in [0.25, 0.3) is 0 Å². The van der Waals surface area contributed by atoms with Gasteiger partial charge in [-0.05, 0) is 51.6 Å². The van der Waals surface area contributed by atoms with Crippen LogP contribution in [0.3, 0.4) is 0 Å². The average Bonchev–Trinajstić information content (AvgIpc) is 3.35. The van der Waals surface area contributed by atoms with Crippen molar-refractivity contribution < 1.29 is 33.0 Å². The van der Waals surface area contributed by atoms with Gasteiger partial charge in [-0.2, -0.15) is 0 Å². The Labute approximate surface area is 157 Å². The van der Waals surface area contributed by atoms with E-state index < -0.39 is 6.43 Å². The SMILES string of the molecule is O=C(OC1CCC2(CC1)CO2)N1CC2(CCN(CC(F)F)CC2)C1.O=CO. The van der Waals surface area contributed by atoms with Crippen molar-refractivity contribution in [1.29, 1.82) is 0 Å². The highest BCUT2D eigenvalue weighted by Crippen LogP contribution is 2.43. The minimum Gasteiger partial charge on any atom is -0.483 e. The second kappa shape index (κ2) is 8.26. The molecule has 0 atom stereocenters. The predicted molar refractivity (Wildman–Crippen MR) is 91.8 cm³/mol. The number of likely N-dealkylation sites (tertiary alicyclic amines) is 2. The molecule has 0 aromatic carbocycles. The quantitative estimate of drug-likeness (QED) is 0.588. The van der Waals surface area contributed by atoms with E-state index in [-0.39, 0.29) is 36.2 Å². The van der Waals surface area contributed by atoms with Crippen molar-refractivity contribution in [1.82, 2.24) is 9.80 Å². The number of halogens is 2. The highest BCUT2D eigenvalue weighted by molar-refractivity contribution is 5.69. The van der Waals surface area contributed by atoms with E-state index in [0.29, 0.717) is 26.2 Å². The van der Waals surface area contributed by atoms with E-state index in [1.165, 1.54) is 0 Å². The zero-order chi connectivity index (χ0) is 19.5. The molecule has 0 unspecified atom stereocenters. The van der Waals surface area contributed by atoms with Gasteiger partial charge in [0, 0.05) is 18.5 Å². The molecule has 3 aliphatic heterocycles. The Balaban J connectivity index is 0.000000659. The maximum Gasteiger partial charge on any atom is 0.410 e. The Morgan fingerprint density at radius 2 is 1.78 bits per heavy atom. The molecule has 4 fully saturated rings. The Kier molecular flexibility index (Phi) is 6.20. The van der Waals surface area contributed by atoms with Crippen LogP contribution >= 0.6 is 0 Å². The van der Waals surface area contributed by atoms with Crippen LogP contribution in [0, 0.1) is 5.41 Å². The molecule has 1 aliphatic carbocycles. The molecule has 9 heteroatoms. The van der Waals surface area contributed by atoms with Gasteiger partial charge in [0.1, 0.15) is 6.10 Å². The number of piperidine rings is 1. The standard InChI is InChI=1S/C17H26F2N2O3.CH2O2/c18-14(19)9-20-7-5-16(6-8-20)10-21(11-16)15(22)24-13-1-3-17(4-2-13)12-23-17;2-1-3/h13-14H,1-12H2;1H,(H,2,3). The highest BCUT2D eigenvalue weighted by atomic mass is 19.3. The number of epoxide rings is 1. The summed E-state index contributed by atoms with van der Waals surface area (Å²) in [5.41, 5.74) is 0.256. The number of carbonyl (C=O) groups excluding carboxylic acids is 1. The van der Waals surface area contributed by atoms with Crippen LogP contribution < -0.4 is 0 Å². The molecular weight excluding hydrogens is 362 g/mol. The summed E-state index contributed by atoms with van der Waals surface area (Å²) in [4.78, 5) is 24.2. The van der Waals surface area contributed by atoms with Crippen molar-refractivity contribution in [3.05, 3.63) is 0 Å². The lowest BCUT2D eigenvalue weighted by Crippen LogP contribution is -2.62. The third kappa shape index (κ3) is 5.07. The van der Waals surface area contributed by atoms with Crippen LogP contribution in [-0.4, -0.2) is 84.9 Å². The van der Waals surface area contributed by atoms with Gasteiger partial charge in [-0.1, -0.05) is 0 Å². The number of hydrogen-bond acceptors (Lipinski definition) is 5. The van der Waals surface area contributed by atoms with Crippen molar-refractivity contribution >= 4 is 12.6 Å². The van der Waals surface area contributed by atoms with Crippen molar-refractivity contribution in [2.24, 2.45) is 5.41 Å². The van der Waals surface area contributed by atoms with E-state index in [9.17, 15) is 13.6 Å². The van der Waals surface area contributed by atoms with Crippen molar-refractivity contribution in [3.63, 3.8) is 0 Å². The Morgan fingerprint density at radius 1 is 1.22 bits per heavy atom. The summed E-state index contributed by atoms with van der Waals surface area (Å²) in [6.45, 7) is 3.33. The lowest BCUT2D eigenvalue weighted by atomic mass is 9.72. The first-order chi connectivity index (χ1) is 12.9. The molecule has 1 amide bonds. The molecule has 0 bridgehead atoms. The Bertz CT molecular complexity index is 518. The summed E-state index contributed by atoms with van der Waals surface area (Å²) in [6.07, 6.45) is 3.14. The average molecular weight is 390 g/mol. The number of carbonyl (C=O) groups is 2. The smallest absolute Gasteiger partial charge is 0.410 e. The van der Waals surface area contributed by atoms with E-state index in [1.807, 2.05) is 4.90 Å². The zero-order valence-corrected chi connectivity index (χ0v) is 15.4. The fourth-order valence-electron chi connectivity index (χ4n) is 4.46. The summed E-state index contributed by atoms with van der Waals surface area (Å²) in [5, 5.41) is 6.89. The highest BCUT2D eigenvalue weighted by Gasteiger charge is 2.50. The van der Waals surface area contributed by atoms with E-state index >= 15 is 0 Å². The molecular formula is C18H28F2N2O5. The minimum absolute atomic E-state index is 0.0248. The molecule has 0 aromatic heterocycles. The predicted octanol–water partition coefficient (Wildman–Crippen LogP) is 2.20. The lowest BCUT2D eigenvalue weighted by Gasteiger charge is -2.53. The molecule has 3 saturated heterocycles. The van der Waals surface area contributed by atoms with Gasteiger partial charge < -0.3 is 19.5 Å². The van der Waals surface area contributed by atoms with Gasteiger partial charge in [0.25, 0.3) is 12.9 Å². The van der Waals surface area contributed by atoms with Gasteiger partial charge in [0.2, 0.25) is 0 Å². The monoisotopic (exact) mass is 390 g/mol. The fourth-order valence-corrected chi connectivity index (χ4v) is 4.46. The van der Waals surface area contributed by atoms with Gasteiger partial charge in [0.15, 0.2) is 0 Å². The molecule has 1 saturated carbocycles. The fraction of sp³-hybridized carbons (Fsp3) is 0.889. The number of hydrogen-bond donors (Lipinski definition) is 1. The first-order valence-electron chi connectivity index (χ1n) is 9.57. The summed E-state index contributed by atoms with van der Waals surface area (Å²) in [6, 6.07) is 0. The Morgan fingerprint density at radius 3 is 2.26 bits per heavy atom. The molecule has 7 nitrogen and oxygen atoms in total. The summed E-state index contributed by atoms with van der Waals surface area (Å²) in [5.74, 6) is 0. The number of rotatable bonds is 3. The van der Waals surface area contributed by atoms with Crippen LogP contribution in [0.5, 0.6) is 0 Å². The van der Waals surface area contributed by atoms with Crippen molar-refractivity contribution in [2.45, 2.75) is 56.7 Å². The van der Waals surface area contributed by atoms with Gasteiger partial charge in [-0.3, -0.25) is 9.69 Å². The molecule has 154 valence electrons. The number of ether oxygens (including phenoxy) is 2. The largest absolute Gasteiger partial charge is 0.483 e. The zero-order valence-electron chi connectivity index (χ0n) is 15.4. The van der Waals surface area contributed by atoms with Crippen LogP contribution in [0.15, 0.2) is 0 Å². The second-order valence-corrected chi connectivity index (χ2v) is 8.21. The van der Waals surface area contributed by atoms with Gasteiger partial charge in [-0.25, -0.2) is 13.6 Å². The molecule has 4 aliphatic rings. The van der Waals surface area contributed by atoms with Crippen molar-refractivity contribution in [2.75, 3.05) is 39.3 Å². The molecule has 1 N–H and O–H groups in total. The topological polar surface area (TPSA) is 82.6 Å². The number of alkyl halides is 2. The second-order valence-electron chi connectivity index (χ2n) is 8.21. The summed E-state index contributed by atoms with van der Waals surface area (Å²) in [7, 11) is 0. The maximum absolute atomic E-state index is 12.4. The summed E-state index contributed by atoms with van der Waals surface area (Å²) >= 11 is 0. The minimum atomic E-state index is -2.26. The van der Waals surface area contributed by atoms with Gasteiger partial charge in [0.05, 0.1) is 18.8 Å². The molecule has 27 heavy (non-hydrogen) atoms. The van der Waals surface area contributed by atoms with Crippen LogP contribution in [0.1, 0.15) is 38.5 Å².